The first-order valence-corrected chi connectivity index (χ1v) is 6.21. The van der Waals surface area contributed by atoms with E-state index in [4.69, 9.17) is 0 Å². The van der Waals surface area contributed by atoms with E-state index in [2.05, 4.69) is 0 Å². The maximum atomic E-state index is 12.9. The van der Waals surface area contributed by atoms with Crippen LogP contribution in [-0.2, 0) is 0 Å². The van der Waals surface area contributed by atoms with Crippen molar-refractivity contribution in [1.82, 2.24) is 4.40 Å². The maximum Gasteiger partial charge on any atom is 0.337 e. The summed E-state index contributed by atoms with van der Waals surface area (Å²) in [5.74, 6) is -1.89. The van der Waals surface area contributed by atoms with E-state index in [1.807, 2.05) is 0 Å². The number of nitrogens with zero attached hydrogens (tertiary/aromatic N) is 1. The SMILES string of the molecule is O=C(O)c1cc(C(=O)c2ccc(F)cc2)n2ccccc12. The molecule has 0 aliphatic carbocycles. The van der Waals surface area contributed by atoms with Gasteiger partial charge in [0, 0.05) is 11.8 Å². The van der Waals surface area contributed by atoms with Gasteiger partial charge in [-0.1, -0.05) is 6.07 Å². The van der Waals surface area contributed by atoms with Gasteiger partial charge in [-0.3, -0.25) is 4.79 Å². The summed E-state index contributed by atoms with van der Waals surface area (Å²) in [5.41, 5.74) is 1.03. The first kappa shape index (κ1) is 13.1. The number of carboxylic acid groups (broad SMARTS) is 1. The largest absolute Gasteiger partial charge is 0.478 e. The van der Waals surface area contributed by atoms with Crippen molar-refractivity contribution in [2.45, 2.75) is 0 Å². The number of aromatic carboxylic acids is 1. The molecule has 0 radical (unpaired) electrons. The zero-order chi connectivity index (χ0) is 15.0. The van der Waals surface area contributed by atoms with Gasteiger partial charge in [0.25, 0.3) is 0 Å². The van der Waals surface area contributed by atoms with E-state index in [-0.39, 0.29) is 17.0 Å². The minimum Gasteiger partial charge on any atom is -0.478 e. The second-order valence-electron chi connectivity index (χ2n) is 4.54. The second-order valence-corrected chi connectivity index (χ2v) is 4.54. The van der Waals surface area contributed by atoms with Gasteiger partial charge in [-0.05, 0) is 42.5 Å². The molecule has 0 fully saturated rings. The standard InChI is InChI=1S/C16H10FNO3/c17-11-6-4-10(5-7-11)15(19)14-9-12(16(20)21)13-3-1-2-8-18(13)14/h1-9H,(H,20,21). The smallest absolute Gasteiger partial charge is 0.337 e. The summed E-state index contributed by atoms with van der Waals surface area (Å²) in [5, 5.41) is 9.21. The lowest BCUT2D eigenvalue weighted by Gasteiger charge is -2.02. The number of hydrogen-bond acceptors (Lipinski definition) is 2. The fourth-order valence-corrected chi connectivity index (χ4v) is 2.25. The quantitative estimate of drug-likeness (QED) is 0.752. The number of aromatic nitrogens is 1. The summed E-state index contributed by atoms with van der Waals surface area (Å²) < 4.78 is 14.4. The van der Waals surface area contributed by atoms with Crippen molar-refractivity contribution in [2.24, 2.45) is 0 Å². The van der Waals surface area contributed by atoms with E-state index in [1.165, 1.54) is 34.7 Å². The summed E-state index contributed by atoms with van der Waals surface area (Å²) in [7, 11) is 0. The van der Waals surface area contributed by atoms with Crippen LogP contribution in [0.1, 0.15) is 26.4 Å². The van der Waals surface area contributed by atoms with Gasteiger partial charge >= 0.3 is 5.97 Å². The number of benzene rings is 1. The molecule has 0 unspecified atom stereocenters. The normalized spacial score (nSPS) is 10.7. The van der Waals surface area contributed by atoms with Crippen LogP contribution in [0.25, 0.3) is 5.52 Å². The van der Waals surface area contributed by atoms with Gasteiger partial charge in [-0.15, -0.1) is 0 Å². The minimum absolute atomic E-state index is 0.0565. The first-order chi connectivity index (χ1) is 10.1. The Morgan fingerprint density at radius 3 is 2.43 bits per heavy atom. The van der Waals surface area contributed by atoms with Crippen LogP contribution in [0.5, 0.6) is 0 Å². The third-order valence-corrected chi connectivity index (χ3v) is 3.25. The average Bonchev–Trinajstić information content (AvgIpc) is 2.87. The summed E-state index contributed by atoms with van der Waals surface area (Å²) in [4.78, 5) is 23.7. The summed E-state index contributed by atoms with van der Waals surface area (Å²) in [6.45, 7) is 0. The minimum atomic E-state index is -1.10. The van der Waals surface area contributed by atoms with Crippen LogP contribution < -0.4 is 0 Å². The molecule has 104 valence electrons. The van der Waals surface area contributed by atoms with Crippen LogP contribution in [0.2, 0.25) is 0 Å². The molecule has 21 heavy (non-hydrogen) atoms. The van der Waals surface area contributed by atoms with Crippen molar-refractivity contribution in [2.75, 3.05) is 0 Å². The third kappa shape index (κ3) is 2.18. The van der Waals surface area contributed by atoms with Crippen molar-refractivity contribution in [3.05, 3.63) is 77.4 Å². The van der Waals surface area contributed by atoms with Gasteiger partial charge in [0.1, 0.15) is 5.82 Å². The Morgan fingerprint density at radius 2 is 1.76 bits per heavy atom. The molecule has 0 atom stereocenters. The van der Waals surface area contributed by atoms with Crippen LogP contribution >= 0.6 is 0 Å². The van der Waals surface area contributed by atoms with Gasteiger partial charge in [0.05, 0.1) is 16.8 Å². The molecule has 1 N–H and O–H groups in total. The topological polar surface area (TPSA) is 58.8 Å². The van der Waals surface area contributed by atoms with Crippen molar-refractivity contribution in [3.63, 3.8) is 0 Å². The third-order valence-electron chi connectivity index (χ3n) is 3.25. The van der Waals surface area contributed by atoms with E-state index in [0.717, 1.165) is 0 Å². The Hall–Kier alpha value is -2.95. The van der Waals surface area contributed by atoms with Gasteiger partial charge < -0.3 is 9.51 Å². The molecular weight excluding hydrogens is 273 g/mol. The van der Waals surface area contributed by atoms with Crippen molar-refractivity contribution < 1.29 is 19.1 Å². The summed E-state index contributed by atoms with van der Waals surface area (Å²) in [6, 6.07) is 11.5. The number of rotatable bonds is 3. The molecule has 3 aromatic rings. The number of ketones is 1. The lowest BCUT2D eigenvalue weighted by atomic mass is 10.1. The molecule has 0 spiro atoms. The van der Waals surface area contributed by atoms with Crippen molar-refractivity contribution in [3.8, 4) is 0 Å². The van der Waals surface area contributed by atoms with Gasteiger partial charge in [-0.2, -0.15) is 0 Å². The van der Waals surface area contributed by atoms with E-state index in [0.29, 0.717) is 11.1 Å². The van der Waals surface area contributed by atoms with Crippen LogP contribution in [0.15, 0.2) is 54.7 Å². The Bertz CT molecular complexity index is 850. The van der Waals surface area contributed by atoms with Crippen LogP contribution in [0, 0.1) is 5.82 Å². The highest BCUT2D eigenvalue weighted by atomic mass is 19.1. The lowest BCUT2D eigenvalue weighted by Crippen LogP contribution is -2.04. The Morgan fingerprint density at radius 1 is 1.05 bits per heavy atom. The molecular formula is C16H10FNO3. The van der Waals surface area contributed by atoms with Crippen LogP contribution in [0.4, 0.5) is 4.39 Å². The van der Waals surface area contributed by atoms with E-state index in [1.54, 1.807) is 24.4 Å². The molecule has 4 nitrogen and oxygen atoms in total. The molecule has 1 aromatic carbocycles. The Labute approximate surface area is 119 Å². The fraction of sp³-hybridized carbons (Fsp3) is 0. The van der Waals surface area contributed by atoms with Crippen LogP contribution in [0.3, 0.4) is 0 Å². The Balaban J connectivity index is 2.18. The lowest BCUT2D eigenvalue weighted by molar-refractivity contribution is 0.0699. The van der Waals surface area contributed by atoms with E-state index < -0.39 is 11.8 Å². The Kier molecular flexibility index (Phi) is 3.02. The highest BCUT2D eigenvalue weighted by Gasteiger charge is 2.19. The molecule has 0 saturated carbocycles. The monoisotopic (exact) mass is 283 g/mol. The molecule has 0 aliphatic heterocycles. The number of carbonyl (C=O) groups excluding carboxylic acids is 1. The van der Waals surface area contributed by atoms with Gasteiger partial charge in [0.2, 0.25) is 5.78 Å². The highest BCUT2D eigenvalue weighted by Crippen LogP contribution is 2.20. The summed E-state index contributed by atoms with van der Waals surface area (Å²) >= 11 is 0. The number of halogens is 1. The van der Waals surface area contributed by atoms with Crippen molar-refractivity contribution >= 4 is 17.3 Å². The number of fused-ring (bicyclic) bond motifs is 1. The molecule has 0 bridgehead atoms. The molecule has 0 saturated heterocycles. The first-order valence-electron chi connectivity index (χ1n) is 6.21. The predicted octanol–water partition coefficient (Wildman–Crippen LogP) is 3.01. The molecule has 0 amide bonds. The van der Waals surface area contributed by atoms with Gasteiger partial charge in [-0.25, -0.2) is 9.18 Å². The van der Waals surface area contributed by atoms with Crippen LogP contribution in [-0.4, -0.2) is 21.3 Å². The molecule has 2 aromatic heterocycles. The number of hydrogen-bond donors (Lipinski definition) is 1. The predicted molar refractivity (Wildman–Crippen MR) is 74.2 cm³/mol. The van der Waals surface area contributed by atoms with Crippen molar-refractivity contribution in [1.29, 1.82) is 0 Å². The van der Waals surface area contributed by atoms with Gasteiger partial charge in [0.15, 0.2) is 0 Å². The average molecular weight is 283 g/mol. The van der Waals surface area contributed by atoms with E-state index in [9.17, 15) is 19.1 Å². The zero-order valence-electron chi connectivity index (χ0n) is 10.8. The fourth-order valence-electron chi connectivity index (χ4n) is 2.25. The zero-order valence-corrected chi connectivity index (χ0v) is 10.8. The number of carbonyl (C=O) groups is 2. The molecule has 3 rings (SSSR count). The van der Waals surface area contributed by atoms with E-state index >= 15 is 0 Å². The number of pyridine rings is 1. The maximum absolute atomic E-state index is 12.9. The molecule has 0 aliphatic rings. The molecule has 5 heteroatoms. The molecule has 2 heterocycles. The number of carboxylic acids is 1. The highest BCUT2D eigenvalue weighted by molar-refractivity contribution is 6.11. The summed E-state index contributed by atoms with van der Waals surface area (Å²) in [6.07, 6.45) is 1.62. The second kappa shape index (κ2) is 4.86.